The molecule has 0 bridgehead atoms. The molecular formula is C8H14Cl2N2. The quantitative estimate of drug-likeness (QED) is 0.706. The molecule has 70 valence electrons. The molecule has 1 saturated heterocycles. The van der Waals surface area contributed by atoms with Crippen LogP contribution in [0.3, 0.4) is 0 Å². The third-order valence-corrected chi connectivity index (χ3v) is 2.42. The molecule has 0 radical (unpaired) electrons. The Labute approximate surface area is 84.7 Å². The van der Waals surface area contributed by atoms with Gasteiger partial charge in [-0.15, -0.1) is 24.0 Å². The standard InChI is InChI=1S/C8H13ClN2.ClH/c9-5-4-8(7-10)3-1-2-6-11-8;/h11H,1-6H2;1H. The lowest BCUT2D eigenvalue weighted by atomic mass is 9.88. The number of hydrogen-bond acceptors (Lipinski definition) is 2. The second-order valence-electron chi connectivity index (χ2n) is 3.02. The van der Waals surface area contributed by atoms with Crippen LogP contribution in [0.2, 0.25) is 0 Å². The number of hydrogen-bond donors (Lipinski definition) is 1. The Hall–Kier alpha value is 0.0300. The van der Waals surface area contributed by atoms with Crippen LogP contribution in [0.1, 0.15) is 25.7 Å². The van der Waals surface area contributed by atoms with E-state index in [-0.39, 0.29) is 17.9 Å². The smallest absolute Gasteiger partial charge is 0.107 e. The molecule has 1 N–H and O–H groups in total. The van der Waals surface area contributed by atoms with E-state index in [0.717, 1.165) is 25.8 Å². The van der Waals surface area contributed by atoms with E-state index in [4.69, 9.17) is 16.9 Å². The monoisotopic (exact) mass is 208 g/mol. The fourth-order valence-electron chi connectivity index (χ4n) is 1.49. The van der Waals surface area contributed by atoms with E-state index in [1.54, 1.807) is 0 Å². The van der Waals surface area contributed by atoms with Crippen molar-refractivity contribution in [2.45, 2.75) is 31.2 Å². The lowest BCUT2D eigenvalue weighted by Crippen LogP contribution is -2.47. The zero-order valence-corrected chi connectivity index (χ0v) is 8.55. The topological polar surface area (TPSA) is 35.8 Å². The predicted octanol–water partition coefficient (Wildman–Crippen LogP) is 2.07. The Balaban J connectivity index is 0.00000121. The fourth-order valence-corrected chi connectivity index (χ4v) is 1.82. The molecule has 1 aliphatic heterocycles. The van der Waals surface area contributed by atoms with E-state index in [1.165, 1.54) is 6.42 Å². The third-order valence-electron chi connectivity index (χ3n) is 2.23. The second kappa shape index (κ2) is 5.64. The average Bonchev–Trinajstić information content (AvgIpc) is 2.07. The van der Waals surface area contributed by atoms with E-state index >= 15 is 0 Å². The van der Waals surface area contributed by atoms with Crippen LogP contribution in [-0.2, 0) is 0 Å². The molecule has 1 aliphatic rings. The van der Waals surface area contributed by atoms with E-state index in [1.807, 2.05) is 0 Å². The molecule has 0 saturated carbocycles. The minimum atomic E-state index is -0.306. The minimum Gasteiger partial charge on any atom is -0.299 e. The van der Waals surface area contributed by atoms with Crippen molar-refractivity contribution in [3.8, 4) is 6.07 Å². The number of nitrogens with zero attached hydrogens (tertiary/aromatic N) is 1. The first-order chi connectivity index (χ1) is 5.33. The zero-order valence-electron chi connectivity index (χ0n) is 6.98. The molecule has 0 aromatic carbocycles. The van der Waals surface area contributed by atoms with Crippen molar-refractivity contribution in [2.24, 2.45) is 0 Å². The summed E-state index contributed by atoms with van der Waals surface area (Å²) in [6, 6.07) is 2.32. The van der Waals surface area contributed by atoms with Gasteiger partial charge in [-0.05, 0) is 32.2 Å². The van der Waals surface area contributed by atoms with Gasteiger partial charge in [0, 0.05) is 5.88 Å². The van der Waals surface area contributed by atoms with Crippen LogP contribution in [0.4, 0.5) is 0 Å². The van der Waals surface area contributed by atoms with Crippen LogP contribution in [0.5, 0.6) is 0 Å². The number of nitrogens with one attached hydrogen (secondary N) is 1. The summed E-state index contributed by atoms with van der Waals surface area (Å²) < 4.78 is 0. The highest BCUT2D eigenvalue weighted by atomic mass is 35.5. The average molecular weight is 209 g/mol. The van der Waals surface area contributed by atoms with Crippen LogP contribution in [0, 0.1) is 11.3 Å². The molecule has 0 amide bonds. The van der Waals surface area contributed by atoms with Crippen molar-refractivity contribution >= 4 is 24.0 Å². The first kappa shape index (κ1) is 12.0. The van der Waals surface area contributed by atoms with Gasteiger partial charge in [0.25, 0.3) is 0 Å². The molecule has 0 aliphatic carbocycles. The Morgan fingerprint density at radius 1 is 1.50 bits per heavy atom. The van der Waals surface area contributed by atoms with Crippen molar-refractivity contribution in [3.63, 3.8) is 0 Å². The maximum Gasteiger partial charge on any atom is 0.107 e. The number of piperidine rings is 1. The molecule has 1 unspecified atom stereocenters. The molecule has 1 fully saturated rings. The van der Waals surface area contributed by atoms with Gasteiger partial charge in [0.15, 0.2) is 0 Å². The van der Waals surface area contributed by atoms with Crippen molar-refractivity contribution in [2.75, 3.05) is 12.4 Å². The molecule has 0 aromatic rings. The largest absolute Gasteiger partial charge is 0.299 e. The molecule has 2 nitrogen and oxygen atoms in total. The van der Waals surface area contributed by atoms with Crippen molar-refractivity contribution in [1.29, 1.82) is 5.26 Å². The predicted molar refractivity (Wildman–Crippen MR) is 52.8 cm³/mol. The summed E-state index contributed by atoms with van der Waals surface area (Å²) in [6.45, 7) is 0.963. The van der Waals surface area contributed by atoms with Gasteiger partial charge in [-0.1, -0.05) is 0 Å². The summed E-state index contributed by atoms with van der Waals surface area (Å²) in [5.74, 6) is 0.570. The van der Waals surface area contributed by atoms with Gasteiger partial charge in [-0.2, -0.15) is 5.26 Å². The Morgan fingerprint density at radius 2 is 2.25 bits per heavy atom. The lowest BCUT2D eigenvalue weighted by molar-refractivity contribution is 0.316. The highest BCUT2D eigenvalue weighted by Gasteiger charge is 2.30. The molecular weight excluding hydrogens is 195 g/mol. The summed E-state index contributed by atoms with van der Waals surface area (Å²) in [5.41, 5.74) is -0.306. The number of alkyl halides is 1. The number of rotatable bonds is 2. The highest BCUT2D eigenvalue weighted by Crippen LogP contribution is 2.22. The SMILES string of the molecule is Cl.N#CC1(CCCl)CCCCN1. The van der Waals surface area contributed by atoms with Gasteiger partial charge in [-0.25, -0.2) is 0 Å². The molecule has 0 aromatic heterocycles. The minimum absolute atomic E-state index is 0. The normalized spacial score (nSPS) is 28.7. The number of halogens is 2. The molecule has 0 spiro atoms. The van der Waals surface area contributed by atoms with Crippen molar-refractivity contribution < 1.29 is 0 Å². The van der Waals surface area contributed by atoms with Gasteiger partial charge in [0.2, 0.25) is 0 Å². The fraction of sp³-hybridized carbons (Fsp3) is 0.875. The lowest BCUT2D eigenvalue weighted by Gasteiger charge is -2.31. The van der Waals surface area contributed by atoms with E-state index in [9.17, 15) is 0 Å². The van der Waals surface area contributed by atoms with Gasteiger partial charge in [-0.3, -0.25) is 5.32 Å². The van der Waals surface area contributed by atoms with E-state index in [0.29, 0.717) is 5.88 Å². The first-order valence-corrected chi connectivity index (χ1v) is 4.59. The highest BCUT2D eigenvalue weighted by molar-refractivity contribution is 6.17. The maximum atomic E-state index is 8.90. The Bertz CT molecular complexity index is 153. The molecule has 1 heterocycles. The van der Waals surface area contributed by atoms with Crippen molar-refractivity contribution in [3.05, 3.63) is 0 Å². The van der Waals surface area contributed by atoms with Crippen LogP contribution in [0.25, 0.3) is 0 Å². The summed E-state index contributed by atoms with van der Waals surface area (Å²) in [6.07, 6.45) is 4.06. The Kier molecular flexibility index (Phi) is 5.65. The summed E-state index contributed by atoms with van der Waals surface area (Å²) in [5, 5.41) is 12.1. The van der Waals surface area contributed by atoms with E-state index < -0.39 is 0 Å². The molecule has 12 heavy (non-hydrogen) atoms. The van der Waals surface area contributed by atoms with Crippen LogP contribution in [0.15, 0.2) is 0 Å². The van der Waals surface area contributed by atoms with Crippen LogP contribution in [-0.4, -0.2) is 18.0 Å². The molecule has 4 heteroatoms. The van der Waals surface area contributed by atoms with Gasteiger partial charge in [0.1, 0.15) is 5.54 Å². The van der Waals surface area contributed by atoms with Gasteiger partial charge < -0.3 is 0 Å². The van der Waals surface area contributed by atoms with Crippen LogP contribution < -0.4 is 5.32 Å². The van der Waals surface area contributed by atoms with Crippen LogP contribution >= 0.6 is 24.0 Å². The second-order valence-corrected chi connectivity index (χ2v) is 3.39. The summed E-state index contributed by atoms with van der Waals surface area (Å²) in [4.78, 5) is 0. The van der Waals surface area contributed by atoms with Gasteiger partial charge >= 0.3 is 0 Å². The maximum absolute atomic E-state index is 8.90. The Morgan fingerprint density at radius 3 is 2.67 bits per heavy atom. The molecule has 1 atom stereocenters. The number of nitriles is 1. The van der Waals surface area contributed by atoms with E-state index in [2.05, 4.69) is 11.4 Å². The van der Waals surface area contributed by atoms with Gasteiger partial charge in [0.05, 0.1) is 6.07 Å². The summed E-state index contributed by atoms with van der Waals surface area (Å²) >= 11 is 5.61. The summed E-state index contributed by atoms with van der Waals surface area (Å²) in [7, 11) is 0. The zero-order chi connectivity index (χ0) is 8.16. The molecule has 1 rings (SSSR count). The first-order valence-electron chi connectivity index (χ1n) is 4.05. The third kappa shape index (κ3) is 2.82. The van der Waals surface area contributed by atoms with Crippen molar-refractivity contribution in [1.82, 2.24) is 5.32 Å².